The molecule has 122 valence electrons. The first-order valence-corrected chi connectivity index (χ1v) is 7.47. The molecule has 1 aliphatic heterocycles. The second-order valence-electron chi connectivity index (χ2n) is 5.71. The fourth-order valence-electron chi connectivity index (χ4n) is 2.85. The molecule has 2 heterocycles. The lowest BCUT2D eigenvalue weighted by molar-refractivity contribution is 0.191. The molecular formula is C16H17F2N3O2. The van der Waals surface area contributed by atoms with E-state index in [1.54, 1.807) is 17.9 Å². The van der Waals surface area contributed by atoms with Gasteiger partial charge in [-0.2, -0.15) is 0 Å². The molecule has 2 aromatic rings. The average Bonchev–Trinajstić information content (AvgIpc) is 2.95. The molecule has 1 aromatic carbocycles. The van der Waals surface area contributed by atoms with Gasteiger partial charge in [-0.05, 0) is 43.5 Å². The average molecular weight is 321 g/mol. The van der Waals surface area contributed by atoms with Gasteiger partial charge in [0.1, 0.15) is 11.6 Å². The molecule has 7 heteroatoms. The molecule has 1 aliphatic rings. The Balaban J connectivity index is 1.70. The second kappa shape index (κ2) is 6.36. The van der Waals surface area contributed by atoms with Crippen molar-refractivity contribution in [3.05, 3.63) is 47.2 Å². The molecule has 1 aromatic heterocycles. The number of benzene rings is 1. The molecule has 3 rings (SSSR count). The molecule has 0 bridgehead atoms. The summed E-state index contributed by atoms with van der Waals surface area (Å²) in [6, 6.07) is 4.72. The Morgan fingerprint density at radius 2 is 2.22 bits per heavy atom. The summed E-state index contributed by atoms with van der Waals surface area (Å²) in [6.07, 6.45) is 1.44. The Morgan fingerprint density at radius 3 is 2.96 bits per heavy atom. The van der Waals surface area contributed by atoms with Gasteiger partial charge in [-0.3, -0.25) is 5.32 Å². The van der Waals surface area contributed by atoms with Crippen molar-refractivity contribution in [2.45, 2.75) is 25.7 Å². The molecule has 1 N–H and O–H groups in total. The minimum absolute atomic E-state index is 0.221. The number of aromatic nitrogens is 1. The number of rotatable bonds is 2. The quantitative estimate of drug-likeness (QED) is 0.918. The van der Waals surface area contributed by atoms with Crippen LogP contribution in [0.1, 0.15) is 30.0 Å². The zero-order chi connectivity index (χ0) is 16.4. The second-order valence-corrected chi connectivity index (χ2v) is 5.71. The maximum absolute atomic E-state index is 13.9. The van der Waals surface area contributed by atoms with Crippen LogP contribution in [0.2, 0.25) is 0 Å². The van der Waals surface area contributed by atoms with Crippen molar-refractivity contribution in [1.29, 1.82) is 0 Å². The molecule has 23 heavy (non-hydrogen) atoms. The molecule has 2 amide bonds. The highest BCUT2D eigenvalue weighted by Gasteiger charge is 2.27. The summed E-state index contributed by atoms with van der Waals surface area (Å²) in [6.45, 7) is 2.65. The van der Waals surface area contributed by atoms with Crippen molar-refractivity contribution >= 4 is 11.9 Å². The van der Waals surface area contributed by atoms with Crippen LogP contribution in [0.4, 0.5) is 19.5 Å². The van der Waals surface area contributed by atoms with Crippen molar-refractivity contribution in [3.8, 4) is 0 Å². The van der Waals surface area contributed by atoms with Crippen LogP contribution in [-0.4, -0.2) is 29.2 Å². The molecule has 5 nitrogen and oxygen atoms in total. The lowest BCUT2D eigenvalue weighted by Gasteiger charge is -2.32. The van der Waals surface area contributed by atoms with E-state index in [-0.39, 0.29) is 17.8 Å². The number of aryl methyl sites for hydroxylation is 1. The van der Waals surface area contributed by atoms with Gasteiger partial charge in [0.25, 0.3) is 0 Å². The molecule has 1 saturated heterocycles. The number of likely N-dealkylation sites (tertiary alicyclic amines) is 1. The molecule has 0 radical (unpaired) electrons. The van der Waals surface area contributed by atoms with Gasteiger partial charge in [0, 0.05) is 25.1 Å². The number of piperidine rings is 1. The maximum atomic E-state index is 13.9. The van der Waals surface area contributed by atoms with E-state index in [0.29, 0.717) is 30.8 Å². The number of carbonyl (C=O) groups is 1. The van der Waals surface area contributed by atoms with Crippen LogP contribution in [0, 0.1) is 18.6 Å². The van der Waals surface area contributed by atoms with Gasteiger partial charge in [0.2, 0.25) is 5.88 Å². The van der Waals surface area contributed by atoms with Crippen molar-refractivity contribution in [2.24, 2.45) is 0 Å². The number of urea groups is 1. The Morgan fingerprint density at radius 1 is 1.39 bits per heavy atom. The van der Waals surface area contributed by atoms with Gasteiger partial charge < -0.3 is 9.42 Å². The molecule has 0 aliphatic carbocycles. The Bertz CT molecular complexity index is 717. The third-order valence-corrected chi connectivity index (χ3v) is 3.96. The molecule has 1 atom stereocenters. The minimum Gasteiger partial charge on any atom is -0.338 e. The zero-order valence-electron chi connectivity index (χ0n) is 12.7. The first-order chi connectivity index (χ1) is 11.0. The summed E-state index contributed by atoms with van der Waals surface area (Å²) in [5.74, 6) is -0.863. The van der Waals surface area contributed by atoms with E-state index in [1.807, 2.05) is 0 Å². The van der Waals surface area contributed by atoms with Crippen LogP contribution in [-0.2, 0) is 0 Å². The summed E-state index contributed by atoms with van der Waals surface area (Å²) >= 11 is 0. The van der Waals surface area contributed by atoms with Crippen molar-refractivity contribution < 1.29 is 18.1 Å². The number of hydrogen-bond acceptors (Lipinski definition) is 3. The van der Waals surface area contributed by atoms with Crippen molar-refractivity contribution in [1.82, 2.24) is 10.1 Å². The van der Waals surface area contributed by atoms with E-state index < -0.39 is 11.6 Å². The Hall–Kier alpha value is -2.44. The van der Waals surface area contributed by atoms with Gasteiger partial charge in [0.15, 0.2) is 0 Å². The zero-order valence-corrected chi connectivity index (χ0v) is 12.7. The van der Waals surface area contributed by atoms with Crippen LogP contribution in [0.15, 0.2) is 28.8 Å². The normalized spacial score (nSPS) is 18.0. The van der Waals surface area contributed by atoms with Gasteiger partial charge in [-0.25, -0.2) is 13.6 Å². The Labute approximate surface area is 132 Å². The first kappa shape index (κ1) is 15.5. The summed E-state index contributed by atoms with van der Waals surface area (Å²) in [4.78, 5) is 13.8. The smallest absolute Gasteiger partial charge is 0.324 e. The number of carbonyl (C=O) groups excluding carboxylic acids is 1. The third-order valence-electron chi connectivity index (χ3n) is 3.96. The summed E-state index contributed by atoms with van der Waals surface area (Å²) in [7, 11) is 0. The molecule has 1 fully saturated rings. The van der Waals surface area contributed by atoms with Gasteiger partial charge in [-0.15, -0.1) is 0 Å². The fourth-order valence-corrected chi connectivity index (χ4v) is 2.85. The van der Waals surface area contributed by atoms with Crippen molar-refractivity contribution in [3.63, 3.8) is 0 Å². The van der Waals surface area contributed by atoms with Gasteiger partial charge in [-0.1, -0.05) is 5.16 Å². The number of nitrogens with zero attached hydrogens (tertiary/aromatic N) is 2. The number of halogens is 2. The highest BCUT2D eigenvalue weighted by molar-refractivity contribution is 5.88. The monoisotopic (exact) mass is 321 g/mol. The predicted octanol–water partition coefficient (Wildman–Crippen LogP) is 3.67. The number of amides is 2. The van der Waals surface area contributed by atoms with Crippen molar-refractivity contribution in [2.75, 3.05) is 18.4 Å². The molecule has 0 unspecified atom stereocenters. The predicted molar refractivity (Wildman–Crippen MR) is 80.2 cm³/mol. The summed E-state index contributed by atoms with van der Waals surface area (Å²) in [5, 5.41) is 6.32. The fraction of sp³-hybridized carbons (Fsp3) is 0.375. The molecule has 0 saturated carbocycles. The van der Waals surface area contributed by atoms with E-state index in [2.05, 4.69) is 10.5 Å². The topological polar surface area (TPSA) is 58.4 Å². The summed E-state index contributed by atoms with van der Waals surface area (Å²) in [5.41, 5.74) is 0.983. The van der Waals surface area contributed by atoms with Crippen LogP contribution < -0.4 is 5.32 Å². The number of nitrogens with one attached hydrogen (secondary N) is 1. The van der Waals surface area contributed by atoms with Gasteiger partial charge >= 0.3 is 6.03 Å². The first-order valence-electron chi connectivity index (χ1n) is 7.47. The molecular weight excluding hydrogens is 304 g/mol. The number of anilines is 1. The van der Waals surface area contributed by atoms with E-state index in [1.165, 1.54) is 6.07 Å². The van der Waals surface area contributed by atoms with E-state index in [9.17, 15) is 13.6 Å². The van der Waals surface area contributed by atoms with Crippen LogP contribution in [0.3, 0.4) is 0 Å². The minimum atomic E-state index is -0.472. The van der Waals surface area contributed by atoms with Crippen LogP contribution >= 0.6 is 0 Å². The van der Waals surface area contributed by atoms with Crippen LogP contribution in [0.25, 0.3) is 0 Å². The highest BCUT2D eigenvalue weighted by atomic mass is 19.1. The lowest BCUT2D eigenvalue weighted by atomic mass is 9.90. The summed E-state index contributed by atoms with van der Waals surface area (Å²) < 4.78 is 32.2. The van der Waals surface area contributed by atoms with E-state index in [0.717, 1.165) is 18.6 Å². The largest absolute Gasteiger partial charge is 0.338 e. The van der Waals surface area contributed by atoms with E-state index >= 15 is 0 Å². The van der Waals surface area contributed by atoms with Gasteiger partial charge in [0.05, 0.1) is 5.69 Å². The van der Waals surface area contributed by atoms with Crippen LogP contribution in [0.5, 0.6) is 0 Å². The lowest BCUT2D eigenvalue weighted by Crippen LogP contribution is -2.41. The number of hydrogen-bond donors (Lipinski definition) is 1. The standard InChI is InChI=1S/C16H17F2N3O2/c1-10-7-15(23-20-10)19-16(22)21-6-2-3-11(9-21)13-8-12(17)4-5-14(13)18/h4-5,7-8,11H,2-3,6,9H2,1H3,(H,19,22)/t11-/m0/s1. The molecule has 0 spiro atoms. The van der Waals surface area contributed by atoms with E-state index in [4.69, 9.17) is 4.52 Å². The maximum Gasteiger partial charge on any atom is 0.324 e. The SMILES string of the molecule is Cc1cc(NC(=O)N2CCC[C@H](c3cc(F)ccc3F)C2)on1. The highest BCUT2D eigenvalue weighted by Crippen LogP contribution is 2.29. The Kier molecular flexibility index (Phi) is 4.27. The third kappa shape index (κ3) is 3.49.